The first-order chi connectivity index (χ1) is 11.5. The van der Waals surface area contributed by atoms with E-state index in [1.807, 2.05) is 0 Å². The Morgan fingerprint density at radius 2 is 1.17 bits per heavy atom. The fourth-order valence-corrected chi connectivity index (χ4v) is 2.85. The molecule has 0 aliphatic carbocycles. The summed E-state index contributed by atoms with van der Waals surface area (Å²) in [5.41, 5.74) is 0. The molecule has 0 aromatic heterocycles. The molecule has 0 radical (unpaired) electrons. The molecule has 0 saturated heterocycles. The van der Waals surface area contributed by atoms with Crippen molar-refractivity contribution in [1.29, 1.82) is 0 Å². The molecule has 0 fully saturated rings. The quantitative estimate of drug-likeness (QED) is 0.382. The van der Waals surface area contributed by atoms with E-state index in [4.69, 9.17) is 5.11 Å². The van der Waals surface area contributed by atoms with Crippen LogP contribution in [0.15, 0.2) is 0 Å². The van der Waals surface area contributed by atoms with Gasteiger partial charge in [0.2, 0.25) is 5.91 Å². The molecule has 0 aliphatic rings. The van der Waals surface area contributed by atoms with Gasteiger partial charge in [-0.25, -0.2) is 4.79 Å². The molecule has 4 nitrogen and oxygen atoms in total. The molecule has 0 bridgehead atoms. The van der Waals surface area contributed by atoms with Crippen molar-refractivity contribution in [1.82, 2.24) is 4.90 Å². The highest BCUT2D eigenvalue weighted by molar-refractivity contribution is 5.83. The Morgan fingerprint density at radius 1 is 0.792 bits per heavy atom. The van der Waals surface area contributed by atoms with Crippen molar-refractivity contribution in [2.24, 2.45) is 0 Å². The van der Waals surface area contributed by atoms with Crippen LogP contribution < -0.4 is 0 Å². The Morgan fingerprint density at radius 3 is 1.54 bits per heavy atom. The maximum atomic E-state index is 11.9. The number of nitrogens with zero attached hydrogens (tertiary/aromatic N) is 1. The number of carboxylic acid groups (broad SMARTS) is 1. The van der Waals surface area contributed by atoms with E-state index >= 15 is 0 Å². The fourth-order valence-electron chi connectivity index (χ4n) is 2.85. The lowest BCUT2D eigenvalue weighted by Crippen LogP contribution is -2.40. The van der Waals surface area contributed by atoms with Gasteiger partial charge in [0.1, 0.15) is 6.04 Å². The highest BCUT2D eigenvalue weighted by atomic mass is 16.4. The third kappa shape index (κ3) is 12.4. The van der Waals surface area contributed by atoms with E-state index in [2.05, 4.69) is 6.92 Å². The Labute approximate surface area is 149 Å². The molecule has 4 heteroatoms. The summed E-state index contributed by atoms with van der Waals surface area (Å²) in [4.78, 5) is 24.0. The monoisotopic (exact) mass is 341 g/mol. The number of aliphatic carboxylic acids is 1. The number of carbonyl (C=O) groups excluding carboxylic acids is 1. The fraction of sp³-hybridized carbons (Fsp3) is 0.900. The number of amides is 1. The van der Waals surface area contributed by atoms with Gasteiger partial charge in [-0.15, -0.1) is 0 Å². The van der Waals surface area contributed by atoms with Crippen molar-refractivity contribution in [2.75, 3.05) is 7.05 Å². The first-order valence-electron chi connectivity index (χ1n) is 9.99. The Kier molecular flexibility index (Phi) is 14.8. The second-order valence-electron chi connectivity index (χ2n) is 7.01. The minimum Gasteiger partial charge on any atom is -0.480 e. The number of hydrogen-bond acceptors (Lipinski definition) is 2. The summed E-state index contributed by atoms with van der Waals surface area (Å²) in [7, 11) is 1.57. The lowest BCUT2D eigenvalue weighted by molar-refractivity contribution is -0.148. The van der Waals surface area contributed by atoms with Crippen LogP contribution in [-0.2, 0) is 9.59 Å². The molecule has 0 aromatic rings. The number of carbonyl (C=O) groups is 2. The van der Waals surface area contributed by atoms with Crippen LogP contribution in [-0.4, -0.2) is 35.0 Å². The number of unbranched alkanes of at least 4 members (excludes halogenated alkanes) is 12. The van der Waals surface area contributed by atoms with E-state index in [-0.39, 0.29) is 5.91 Å². The normalized spacial score (nSPS) is 12.1. The van der Waals surface area contributed by atoms with Crippen LogP contribution in [0.4, 0.5) is 0 Å². The van der Waals surface area contributed by atoms with Gasteiger partial charge >= 0.3 is 5.97 Å². The topological polar surface area (TPSA) is 57.6 Å². The maximum absolute atomic E-state index is 11.9. The highest BCUT2D eigenvalue weighted by Gasteiger charge is 2.20. The lowest BCUT2D eigenvalue weighted by Gasteiger charge is -2.21. The van der Waals surface area contributed by atoms with Crippen LogP contribution in [0, 0.1) is 0 Å². The number of carboxylic acids is 1. The SMILES string of the molecule is CCCCCCCCCCCCCCCC(=O)N(C)C(C)C(=O)O. The summed E-state index contributed by atoms with van der Waals surface area (Å²) in [6.45, 7) is 3.80. The number of hydrogen-bond donors (Lipinski definition) is 1. The van der Waals surface area contributed by atoms with Crippen molar-refractivity contribution in [3.8, 4) is 0 Å². The molecular weight excluding hydrogens is 302 g/mol. The van der Waals surface area contributed by atoms with E-state index in [0.29, 0.717) is 6.42 Å². The molecule has 0 aliphatic heterocycles. The Hall–Kier alpha value is -1.06. The predicted molar refractivity (Wildman–Crippen MR) is 100 cm³/mol. The summed E-state index contributed by atoms with van der Waals surface area (Å²) in [5, 5.41) is 8.89. The zero-order chi connectivity index (χ0) is 18.2. The maximum Gasteiger partial charge on any atom is 0.326 e. The standard InChI is InChI=1S/C20H39NO3/c1-4-5-6-7-8-9-10-11-12-13-14-15-16-17-19(22)21(3)18(2)20(23)24/h18H,4-17H2,1-3H3,(H,23,24). The molecule has 1 unspecified atom stereocenters. The van der Waals surface area contributed by atoms with Gasteiger partial charge in [-0.2, -0.15) is 0 Å². The van der Waals surface area contributed by atoms with Gasteiger partial charge in [0.15, 0.2) is 0 Å². The van der Waals surface area contributed by atoms with Gasteiger partial charge in [-0.1, -0.05) is 84.0 Å². The van der Waals surface area contributed by atoms with Crippen LogP contribution in [0.1, 0.15) is 104 Å². The summed E-state index contributed by atoms with van der Waals surface area (Å²) in [6.07, 6.45) is 17.1. The van der Waals surface area contributed by atoms with Gasteiger partial charge in [-0.05, 0) is 13.3 Å². The van der Waals surface area contributed by atoms with Crippen molar-refractivity contribution in [3.05, 3.63) is 0 Å². The van der Waals surface area contributed by atoms with Crippen LogP contribution in [0.2, 0.25) is 0 Å². The van der Waals surface area contributed by atoms with Gasteiger partial charge in [0.25, 0.3) is 0 Å². The minimum absolute atomic E-state index is 0.0621. The second kappa shape index (κ2) is 15.5. The van der Waals surface area contributed by atoms with Crippen molar-refractivity contribution >= 4 is 11.9 Å². The average molecular weight is 342 g/mol. The highest BCUT2D eigenvalue weighted by Crippen LogP contribution is 2.13. The molecular formula is C20H39NO3. The summed E-state index contributed by atoms with van der Waals surface area (Å²) in [5.74, 6) is -1.01. The molecule has 0 aromatic carbocycles. The predicted octanol–water partition coefficient (Wildman–Crippen LogP) is 5.40. The minimum atomic E-state index is -0.948. The van der Waals surface area contributed by atoms with Crippen LogP contribution >= 0.6 is 0 Å². The average Bonchev–Trinajstić information content (AvgIpc) is 2.57. The molecule has 24 heavy (non-hydrogen) atoms. The molecule has 142 valence electrons. The van der Waals surface area contributed by atoms with E-state index in [1.54, 1.807) is 14.0 Å². The first kappa shape index (κ1) is 22.9. The molecule has 0 rings (SSSR count). The van der Waals surface area contributed by atoms with Crippen LogP contribution in [0.25, 0.3) is 0 Å². The second-order valence-corrected chi connectivity index (χ2v) is 7.01. The molecule has 1 N–H and O–H groups in total. The largest absolute Gasteiger partial charge is 0.480 e. The third-order valence-electron chi connectivity index (χ3n) is 4.83. The zero-order valence-electron chi connectivity index (χ0n) is 16.2. The van der Waals surface area contributed by atoms with Gasteiger partial charge in [0.05, 0.1) is 0 Å². The van der Waals surface area contributed by atoms with Gasteiger partial charge in [0, 0.05) is 13.5 Å². The Bertz CT molecular complexity index is 331. The van der Waals surface area contributed by atoms with Crippen LogP contribution in [0.3, 0.4) is 0 Å². The molecule has 0 saturated carbocycles. The summed E-state index contributed by atoms with van der Waals surface area (Å²) < 4.78 is 0. The van der Waals surface area contributed by atoms with Crippen molar-refractivity contribution < 1.29 is 14.7 Å². The van der Waals surface area contributed by atoms with E-state index in [1.165, 1.54) is 75.5 Å². The lowest BCUT2D eigenvalue weighted by atomic mass is 10.0. The molecule has 1 atom stereocenters. The van der Waals surface area contributed by atoms with E-state index in [0.717, 1.165) is 12.8 Å². The number of likely N-dealkylation sites (N-methyl/N-ethyl adjacent to an activating group) is 1. The molecule has 0 spiro atoms. The Balaban J connectivity index is 3.36. The van der Waals surface area contributed by atoms with Crippen molar-refractivity contribution in [2.45, 2.75) is 110 Å². The summed E-state index contributed by atoms with van der Waals surface area (Å²) >= 11 is 0. The third-order valence-corrected chi connectivity index (χ3v) is 4.83. The van der Waals surface area contributed by atoms with Gasteiger partial charge < -0.3 is 10.0 Å². The van der Waals surface area contributed by atoms with E-state index in [9.17, 15) is 9.59 Å². The summed E-state index contributed by atoms with van der Waals surface area (Å²) in [6, 6.07) is -0.737. The number of rotatable bonds is 16. The first-order valence-corrected chi connectivity index (χ1v) is 9.99. The van der Waals surface area contributed by atoms with Gasteiger partial charge in [-0.3, -0.25) is 4.79 Å². The van der Waals surface area contributed by atoms with Crippen molar-refractivity contribution in [3.63, 3.8) is 0 Å². The smallest absolute Gasteiger partial charge is 0.326 e. The zero-order valence-corrected chi connectivity index (χ0v) is 16.2. The molecule has 1 amide bonds. The molecule has 0 heterocycles. The van der Waals surface area contributed by atoms with Crippen LogP contribution in [0.5, 0.6) is 0 Å². The van der Waals surface area contributed by atoms with E-state index < -0.39 is 12.0 Å².